The van der Waals surface area contributed by atoms with Crippen LogP contribution >= 0.6 is 11.3 Å². The van der Waals surface area contributed by atoms with Crippen LogP contribution in [0.15, 0.2) is 41.9 Å². The maximum atomic E-state index is 14.8. The molecule has 0 radical (unpaired) electrons. The lowest BCUT2D eigenvalue weighted by molar-refractivity contribution is -0.155. The van der Waals surface area contributed by atoms with Crippen molar-refractivity contribution in [2.75, 3.05) is 20.3 Å². The number of fused-ring (bicyclic) bond motifs is 6. The highest BCUT2D eigenvalue weighted by molar-refractivity contribution is 7.10. The molecule has 6 bridgehead atoms. The van der Waals surface area contributed by atoms with Gasteiger partial charge in [-0.05, 0) is 75.8 Å². The SMILES string of the molecule is CCn1c(-c2cccnc2[C@H](C)OC)c2c3cc(ccc31)-c1csc(n1)C[C@H](NC(=O)C1(F)CC1)C(=O)N1CCC[C@H](N1)C(=O)OCC(C)(C)C2. The van der Waals surface area contributed by atoms with Crippen LogP contribution in [0, 0.1) is 5.41 Å². The van der Waals surface area contributed by atoms with E-state index >= 15 is 0 Å². The van der Waals surface area contributed by atoms with Gasteiger partial charge in [-0.3, -0.25) is 24.4 Å². The van der Waals surface area contributed by atoms with Gasteiger partial charge in [0.1, 0.15) is 12.1 Å². The number of carbonyl (C=O) groups is 3. The summed E-state index contributed by atoms with van der Waals surface area (Å²) in [6.45, 7) is 9.49. The summed E-state index contributed by atoms with van der Waals surface area (Å²) in [6, 6.07) is 8.55. The Morgan fingerprint density at radius 3 is 2.80 bits per heavy atom. The summed E-state index contributed by atoms with van der Waals surface area (Å²) in [7, 11) is 1.68. The third kappa shape index (κ3) is 6.91. The highest BCUT2D eigenvalue weighted by Crippen LogP contribution is 2.42. The van der Waals surface area contributed by atoms with Crippen LogP contribution in [0.25, 0.3) is 33.4 Å². The van der Waals surface area contributed by atoms with E-state index in [1.165, 1.54) is 16.3 Å². The Hall–Kier alpha value is -4.20. The Morgan fingerprint density at radius 2 is 2.06 bits per heavy atom. The van der Waals surface area contributed by atoms with E-state index < -0.39 is 41.0 Å². The molecule has 5 heterocycles. The van der Waals surface area contributed by atoms with Gasteiger partial charge >= 0.3 is 5.97 Å². The Balaban J connectivity index is 1.36. The second-order valence-electron chi connectivity index (χ2n) is 14.7. The summed E-state index contributed by atoms with van der Waals surface area (Å²) in [5.41, 5.74) is 7.31. The van der Waals surface area contributed by atoms with Gasteiger partial charge in [0.05, 0.1) is 34.8 Å². The van der Waals surface area contributed by atoms with Gasteiger partial charge in [-0.2, -0.15) is 0 Å². The van der Waals surface area contributed by atoms with Gasteiger partial charge in [0.25, 0.3) is 11.8 Å². The van der Waals surface area contributed by atoms with Crippen molar-refractivity contribution in [3.63, 3.8) is 0 Å². The molecule has 1 saturated heterocycles. The van der Waals surface area contributed by atoms with Gasteiger partial charge in [0, 0.05) is 65.6 Å². The lowest BCUT2D eigenvalue weighted by Crippen LogP contribution is -2.61. The number of aryl methyl sites for hydroxylation is 1. The molecule has 2 N–H and O–H groups in total. The first-order chi connectivity index (χ1) is 24.4. The van der Waals surface area contributed by atoms with Gasteiger partial charge < -0.3 is 19.4 Å². The van der Waals surface area contributed by atoms with E-state index in [0.29, 0.717) is 37.4 Å². The molecular formula is C38H45FN6O5S. The minimum atomic E-state index is -1.95. The largest absolute Gasteiger partial charge is 0.464 e. The molecule has 2 aliphatic heterocycles. The van der Waals surface area contributed by atoms with Crippen molar-refractivity contribution in [2.45, 2.75) is 96.6 Å². The number of nitrogens with one attached hydrogen (secondary N) is 2. The number of hydrogen-bond acceptors (Lipinski definition) is 9. The van der Waals surface area contributed by atoms with Crippen molar-refractivity contribution < 1.29 is 28.2 Å². The Morgan fingerprint density at radius 1 is 1.25 bits per heavy atom. The number of carbonyl (C=O) groups excluding carboxylic acids is 3. The number of nitrogens with zero attached hydrogens (tertiary/aromatic N) is 4. The monoisotopic (exact) mass is 716 g/mol. The molecule has 2 amide bonds. The van der Waals surface area contributed by atoms with Crippen LogP contribution in [-0.2, 0) is 43.2 Å². The average Bonchev–Trinajstić information content (AvgIpc) is 3.60. The number of thiazole rings is 1. The standard InChI is InChI=1S/C38H45FN6O5S/c1-6-44-30-12-11-23-17-25(30)26(33(44)24-9-7-15-40-32(24)22(2)49-5)19-37(3,4)21-50-35(47)27-10-8-16-45(43-27)34(46)28(18-31-41-29(23)20-51-31)42-36(48)38(39)13-14-38/h7,9,11-12,15,17,20,22,27-28,43H,6,8,10,13-14,16,18-19,21H2,1-5H3,(H,42,48)/t22-,27-,28-/m0/s1. The second kappa shape index (κ2) is 13.7. The lowest BCUT2D eigenvalue weighted by Gasteiger charge is -2.35. The van der Waals surface area contributed by atoms with Crippen LogP contribution in [0.4, 0.5) is 4.39 Å². The van der Waals surface area contributed by atoms with Crippen LogP contribution in [0.1, 0.15) is 75.7 Å². The molecule has 13 heteroatoms. The van der Waals surface area contributed by atoms with Crippen LogP contribution < -0.4 is 10.7 Å². The molecule has 270 valence electrons. The smallest absolute Gasteiger partial charge is 0.324 e. The third-order valence-corrected chi connectivity index (χ3v) is 11.1. The molecule has 0 unspecified atom stereocenters. The first-order valence-electron chi connectivity index (χ1n) is 17.7. The molecule has 51 heavy (non-hydrogen) atoms. The molecular weight excluding hydrogens is 672 g/mol. The zero-order valence-corrected chi connectivity index (χ0v) is 30.6. The minimum Gasteiger partial charge on any atom is -0.464 e. The Bertz CT molecular complexity index is 1990. The van der Waals surface area contributed by atoms with Gasteiger partial charge in [-0.1, -0.05) is 19.9 Å². The van der Waals surface area contributed by atoms with E-state index in [9.17, 15) is 18.8 Å². The van der Waals surface area contributed by atoms with Crippen LogP contribution in [0.5, 0.6) is 0 Å². The highest BCUT2D eigenvalue weighted by Gasteiger charge is 2.52. The number of benzene rings is 1. The lowest BCUT2D eigenvalue weighted by atomic mass is 9.84. The summed E-state index contributed by atoms with van der Waals surface area (Å²) >= 11 is 1.39. The maximum absolute atomic E-state index is 14.8. The van der Waals surface area contributed by atoms with Crippen molar-refractivity contribution in [1.29, 1.82) is 0 Å². The van der Waals surface area contributed by atoms with Gasteiger partial charge in [-0.25, -0.2) is 14.8 Å². The third-order valence-electron chi connectivity index (χ3n) is 10.2. The minimum absolute atomic E-state index is 0.0815. The Kier molecular flexibility index (Phi) is 9.49. The second-order valence-corrected chi connectivity index (χ2v) is 15.6. The number of esters is 1. The Labute approximate surface area is 300 Å². The zero-order valence-electron chi connectivity index (χ0n) is 29.8. The molecule has 7 rings (SSSR count). The summed E-state index contributed by atoms with van der Waals surface area (Å²) in [6.07, 6.45) is 3.54. The number of pyridine rings is 1. The van der Waals surface area contributed by atoms with E-state index in [4.69, 9.17) is 19.4 Å². The van der Waals surface area contributed by atoms with Gasteiger partial charge in [-0.15, -0.1) is 11.3 Å². The number of cyclic esters (lactones) is 1. The number of methoxy groups -OCH3 is 1. The van der Waals surface area contributed by atoms with Crippen molar-refractivity contribution in [3.8, 4) is 22.5 Å². The van der Waals surface area contributed by atoms with E-state index in [-0.39, 0.29) is 32.0 Å². The topological polar surface area (TPSA) is 128 Å². The molecule has 3 atom stereocenters. The molecule has 1 aliphatic carbocycles. The summed E-state index contributed by atoms with van der Waals surface area (Å²) in [4.78, 5) is 50.0. The number of halogens is 1. The normalized spacial score (nSPS) is 22.3. The summed E-state index contributed by atoms with van der Waals surface area (Å²) in [5.74, 6) is -1.68. The fourth-order valence-corrected chi connectivity index (χ4v) is 8.04. The van der Waals surface area contributed by atoms with Crippen LogP contribution in [0.2, 0.25) is 0 Å². The number of rotatable bonds is 6. The summed E-state index contributed by atoms with van der Waals surface area (Å²) < 4.78 is 28.9. The van der Waals surface area contributed by atoms with E-state index in [0.717, 1.165) is 44.7 Å². The molecule has 1 aromatic carbocycles. The summed E-state index contributed by atoms with van der Waals surface area (Å²) in [5, 5.41) is 7.68. The number of hydrazine groups is 1. The fourth-order valence-electron chi connectivity index (χ4n) is 7.19. The van der Waals surface area contributed by atoms with Crippen LogP contribution in [-0.4, -0.2) is 75.3 Å². The molecule has 3 aliphatic rings. The highest BCUT2D eigenvalue weighted by atomic mass is 32.1. The van der Waals surface area contributed by atoms with E-state index in [2.05, 4.69) is 60.3 Å². The van der Waals surface area contributed by atoms with E-state index in [1.54, 1.807) is 13.3 Å². The maximum Gasteiger partial charge on any atom is 0.324 e. The number of amides is 2. The zero-order chi connectivity index (χ0) is 36.1. The number of aromatic nitrogens is 3. The number of hydrogen-bond donors (Lipinski definition) is 2. The van der Waals surface area contributed by atoms with Crippen molar-refractivity contribution in [2.24, 2.45) is 5.41 Å². The van der Waals surface area contributed by atoms with Gasteiger partial charge in [0.2, 0.25) is 0 Å². The first-order valence-corrected chi connectivity index (χ1v) is 18.6. The molecule has 0 spiro atoms. The first kappa shape index (κ1) is 35.2. The molecule has 2 fully saturated rings. The predicted octanol–water partition coefficient (Wildman–Crippen LogP) is 5.70. The average molecular weight is 717 g/mol. The number of alkyl halides is 1. The van der Waals surface area contributed by atoms with Crippen LogP contribution in [0.3, 0.4) is 0 Å². The number of ether oxygens (including phenoxy) is 2. The van der Waals surface area contributed by atoms with E-state index in [1.807, 2.05) is 18.4 Å². The predicted molar refractivity (Wildman–Crippen MR) is 192 cm³/mol. The molecule has 11 nitrogen and oxygen atoms in total. The van der Waals surface area contributed by atoms with Gasteiger partial charge in [0.15, 0.2) is 5.67 Å². The quantitative estimate of drug-likeness (QED) is 0.243. The van der Waals surface area contributed by atoms with Crippen molar-refractivity contribution in [1.82, 2.24) is 30.3 Å². The molecule has 4 aromatic rings. The van der Waals surface area contributed by atoms with Crippen molar-refractivity contribution >= 4 is 40.0 Å². The van der Waals surface area contributed by atoms with Crippen molar-refractivity contribution in [3.05, 3.63) is 58.2 Å². The molecule has 1 saturated carbocycles. The molecule has 3 aromatic heterocycles. The fraction of sp³-hybridized carbons (Fsp3) is 0.500.